The van der Waals surface area contributed by atoms with Crippen molar-refractivity contribution in [3.05, 3.63) is 83.2 Å². The summed E-state index contributed by atoms with van der Waals surface area (Å²) in [6.07, 6.45) is 3.69. The zero-order valence-electron chi connectivity index (χ0n) is 19.7. The van der Waals surface area contributed by atoms with Gasteiger partial charge >= 0.3 is 5.97 Å². The normalized spacial score (nSPS) is 15.9. The molecule has 3 heterocycles. The molecule has 0 aliphatic carbocycles. The van der Waals surface area contributed by atoms with Crippen LogP contribution in [-0.4, -0.2) is 23.2 Å². The fourth-order valence-corrected chi connectivity index (χ4v) is 5.59. The third kappa shape index (κ3) is 5.08. The molecule has 4 rings (SSSR count). The second kappa shape index (κ2) is 10.5. The largest absolute Gasteiger partial charge is 0.494 e. The summed E-state index contributed by atoms with van der Waals surface area (Å²) in [5.41, 5.74) is 1.71. The molecule has 0 bridgehead atoms. The number of nitrogens with zero attached hydrogens (tertiary/aromatic N) is 2. The van der Waals surface area contributed by atoms with Crippen LogP contribution in [-0.2, 0) is 9.53 Å². The Morgan fingerprint density at radius 2 is 2.00 bits per heavy atom. The number of thiazole rings is 1. The summed E-state index contributed by atoms with van der Waals surface area (Å²) in [5, 5.41) is 1.94. The van der Waals surface area contributed by atoms with Crippen molar-refractivity contribution in [3.63, 3.8) is 0 Å². The fraction of sp³-hybridized carbons (Fsp3) is 0.346. The molecular formula is C26H28N2O4S2. The lowest BCUT2D eigenvalue weighted by atomic mass is 10.0. The number of allylic oxidation sites excluding steroid dienone is 1. The average Bonchev–Trinajstić information content (AvgIpc) is 3.42. The van der Waals surface area contributed by atoms with E-state index in [1.54, 1.807) is 11.5 Å². The molecule has 3 aromatic rings. The monoisotopic (exact) mass is 496 g/mol. The molecule has 1 aromatic carbocycles. The first-order valence-electron chi connectivity index (χ1n) is 11.4. The molecule has 1 aliphatic rings. The van der Waals surface area contributed by atoms with Crippen molar-refractivity contribution in [2.75, 3.05) is 6.61 Å². The quantitative estimate of drug-likeness (QED) is 0.342. The minimum atomic E-state index is -0.556. The highest BCUT2D eigenvalue weighted by molar-refractivity contribution is 7.10. The Hall–Kier alpha value is -2.97. The molecule has 8 heteroatoms. The second-order valence-electron chi connectivity index (χ2n) is 8.32. The lowest BCUT2D eigenvalue weighted by Crippen LogP contribution is -2.39. The summed E-state index contributed by atoms with van der Waals surface area (Å²) >= 11 is 2.83. The molecule has 0 unspecified atom stereocenters. The summed E-state index contributed by atoms with van der Waals surface area (Å²) in [4.78, 5) is 32.6. The van der Waals surface area contributed by atoms with E-state index in [0.29, 0.717) is 27.2 Å². The van der Waals surface area contributed by atoms with Crippen molar-refractivity contribution in [1.82, 2.24) is 4.57 Å². The van der Waals surface area contributed by atoms with Crippen LogP contribution in [0.25, 0.3) is 6.08 Å². The van der Waals surface area contributed by atoms with Crippen LogP contribution in [0.15, 0.2) is 62.8 Å². The van der Waals surface area contributed by atoms with Gasteiger partial charge in [-0.25, -0.2) is 9.79 Å². The van der Waals surface area contributed by atoms with Crippen molar-refractivity contribution < 1.29 is 14.3 Å². The van der Waals surface area contributed by atoms with Gasteiger partial charge in [-0.2, -0.15) is 0 Å². The molecule has 0 spiro atoms. The van der Waals surface area contributed by atoms with Crippen LogP contribution in [0.3, 0.4) is 0 Å². The Labute approximate surface area is 206 Å². The number of benzene rings is 1. The fourth-order valence-electron chi connectivity index (χ4n) is 3.72. The van der Waals surface area contributed by atoms with Crippen molar-refractivity contribution >= 4 is 34.7 Å². The number of hydrogen-bond acceptors (Lipinski definition) is 7. The molecule has 2 aromatic heterocycles. The number of carbonyl (C=O) groups excluding carboxylic acids is 1. The van der Waals surface area contributed by atoms with E-state index in [1.807, 2.05) is 61.7 Å². The van der Waals surface area contributed by atoms with E-state index in [2.05, 4.69) is 11.9 Å². The summed E-state index contributed by atoms with van der Waals surface area (Å²) in [6, 6.07) is 11.0. The minimum absolute atomic E-state index is 0.173. The first kappa shape index (κ1) is 24.2. The van der Waals surface area contributed by atoms with Crippen LogP contribution in [0.2, 0.25) is 0 Å². The van der Waals surface area contributed by atoms with Crippen LogP contribution >= 0.6 is 22.7 Å². The van der Waals surface area contributed by atoms with E-state index in [1.165, 1.54) is 22.7 Å². The third-order valence-corrected chi connectivity index (χ3v) is 7.25. The Morgan fingerprint density at radius 1 is 1.24 bits per heavy atom. The number of rotatable bonds is 8. The Balaban J connectivity index is 1.75. The zero-order valence-corrected chi connectivity index (χ0v) is 21.4. The number of ether oxygens (including phenoxy) is 2. The second-order valence-corrected chi connectivity index (χ2v) is 10.3. The van der Waals surface area contributed by atoms with Crippen molar-refractivity contribution in [1.29, 1.82) is 0 Å². The van der Waals surface area contributed by atoms with Crippen LogP contribution in [0.4, 0.5) is 0 Å². The average molecular weight is 497 g/mol. The van der Waals surface area contributed by atoms with E-state index in [4.69, 9.17) is 9.47 Å². The van der Waals surface area contributed by atoms with Gasteiger partial charge in [0.25, 0.3) is 5.56 Å². The number of thiophene rings is 1. The van der Waals surface area contributed by atoms with E-state index in [0.717, 1.165) is 29.0 Å². The molecule has 0 N–H and O–H groups in total. The summed E-state index contributed by atoms with van der Waals surface area (Å²) in [5.74, 6) is 0.372. The van der Waals surface area contributed by atoms with Crippen molar-refractivity contribution in [3.8, 4) is 5.75 Å². The van der Waals surface area contributed by atoms with Crippen LogP contribution in [0.5, 0.6) is 5.75 Å². The van der Waals surface area contributed by atoms with Gasteiger partial charge in [-0.15, -0.1) is 11.3 Å². The molecule has 0 saturated carbocycles. The van der Waals surface area contributed by atoms with Crippen LogP contribution in [0, 0.1) is 0 Å². The van der Waals surface area contributed by atoms with Crippen LogP contribution in [0.1, 0.15) is 57.0 Å². The molecule has 34 heavy (non-hydrogen) atoms. The molecular weight excluding hydrogens is 468 g/mol. The predicted octanol–water partition coefficient (Wildman–Crippen LogP) is 4.43. The number of fused-ring (bicyclic) bond motifs is 1. The molecule has 6 nitrogen and oxygen atoms in total. The predicted molar refractivity (Wildman–Crippen MR) is 136 cm³/mol. The smallest absolute Gasteiger partial charge is 0.338 e. The van der Waals surface area contributed by atoms with E-state index < -0.39 is 12.0 Å². The Morgan fingerprint density at radius 3 is 2.65 bits per heavy atom. The summed E-state index contributed by atoms with van der Waals surface area (Å²) in [6.45, 7) is 8.24. The standard InChI is InChI=1S/C26H28N2O4S2/c1-5-6-13-31-19-11-9-18(10-12-19)15-21-24(29)28-23(20-8-7-14-33-20)22(25(30)32-16(2)3)17(4)27-26(28)34-21/h7-12,14-16,23H,5-6,13H2,1-4H3/b21-15+/t23-/m0/s1. The van der Waals surface area contributed by atoms with Gasteiger partial charge in [-0.05, 0) is 62.4 Å². The first-order valence-corrected chi connectivity index (χ1v) is 13.1. The Bertz CT molecular complexity index is 1360. The summed E-state index contributed by atoms with van der Waals surface area (Å²) in [7, 11) is 0. The highest BCUT2D eigenvalue weighted by Gasteiger charge is 2.34. The molecule has 0 fully saturated rings. The molecule has 1 aliphatic heterocycles. The number of aromatic nitrogens is 1. The topological polar surface area (TPSA) is 69.9 Å². The van der Waals surface area contributed by atoms with Gasteiger partial charge in [0.2, 0.25) is 0 Å². The highest BCUT2D eigenvalue weighted by atomic mass is 32.1. The molecule has 0 amide bonds. The lowest BCUT2D eigenvalue weighted by Gasteiger charge is -2.24. The van der Waals surface area contributed by atoms with Gasteiger partial charge in [-0.3, -0.25) is 9.36 Å². The van der Waals surface area contributed by atoms with Gasteiger partial charge in [0.15, 0.2) is 4.80 Å². The maximum Gasteiger partial charge on any atom is 0.338 e. The first-order chi connectivity index (χ1) is 16.4. The molecule has 0 saturated heterocycles. The van der Waals surface area contributed by atoms with Gasteiger partial charge < -0.3 is 9.47 Å². The lowest BCUT2D eigenvalue weighted by molar-refractivity contribution is -0.143. The molecule has 178 valence electrons. The third-order valence-electron chi connectivity index (χ3n) is 5.34. The number of unbranched alkanes of at least 4 members (excludes halogenated alkanes) is 1. The zero-order chi connectivity index (χ0) is 24.2. The van der Waals surface area contributed by atoms with E-state index >= 15 is 0 Å². The van der Waals surface area contributed by atoms with Gasteiger partial charge in [0.1, 0.15) is 11.8 Å². The van der Waals surface area contributed by atoms with Gasteiger partial charge in [-0.1, -0.05) is 42.9 Å². The molecule has 1 atom stereocenters. The number of hydrogen-bond donors (Lipinski definition) is 0. The van der Waals surface area contributed by atoms with Gasteiger partial charge in [0, 0.05) is 4.88 Å². The number of carbonyl (C=O) groups is 1. The SMILES string of the molecule is CCCCOc1ccc(/C=c2/sc3n(c2=O)[C@@H](c2cccs2)C(C(=O)OC(C)C)=C(C)N=3)cc1. The summed E-state index contributed by atoms with van der Waals surface area (Å²) < 4.78 is 13.4. The van der Waals surface area contributed by atoms with Crippen molar-refractivity contribution in [2.24, 2.45) is 4.99 Å². The number of esters is 1. The van der Waals surface area contributed by atoms with Crippen LogP contribution < -0.4 is 19.6 Å². The molecule has 0 radical (unpaired) electrons. The van der Waals surface area contributed by atoms with Crippen molar-refractivity contribution in [2.45, 2.75) is 52.7 Å². The van der Waals surface area contributed by atoms with E-state index in [-0.39, 0.29) is 11.7 Å². The maximum atomic E-state index is 13.5. The minimum Gasteiger partial charge on any atom is -0.494 e. The van der Waals surface area contributed by atoms with E-state index in [9.17, 15) is 9.59 Å². The maximum absolute atomic E-state index is 13.5. The van der Waals surface area contributed by atoms with Gasteiger partial charge in [0.05, 0.1) is 28.5 Å². The Kier molecular flexibility index (Phi) is 7.48. The highest BCUT2D eigenvalue weighted by Crippen LogP contribution is 2.33.